The quantitative estimate of drug-likeness (QED) is 0.365. The van der Waals surface area contributed by atoms with E-state index < -0.39 is 5.54 Å². The van der Waals surface area contributed by atoms with Crippen molar-refractivity contribution in [1.29, 1.82) is 0 Å². The number of ketones is 1. The molecule has 0 bridgehead atoms. The van der Waals surface area contributed by atoms with E-state index in [2.05, 4.69) is 5.10 Å². The molecule has 0 unspecified atom stereocenters. The first-order chi connectivity index (χ1) is 13.7. The third kappa shape index (κ3) is 5.10. The molecule has 0 atom stereocenters. The van der Waals surface area contributed by atoms with E-state index in [0.717, 1.165) is 5.56 Å². The monoisotopic (exact) mass is 446 g/mol. The maximum Gasteiger partial charge on any atom is 0.287 e. The molecular weight excluding hydrogens is 427 g/mol. The van der Waals surface area contributed by atoms with E-state index in [1.54, 1.807) is 36.5 Å². The maximum absolute atomic E-state index is 12.7. The van der Waals surface area contributed by atoms with Crippen molar-refractivity contribution in [3.63, 3.8) is 0 Å². The summed E-state index contributed by atoms with van der Waals surface area (Å²) >= 11 is 13.6. The first kappa shape index (κ1) is 21.6. The van der Waals surface area contributed by atoms with Crippen LogP contribution in [0.15, 0.2) is 64.4 Å². The van der Waals surface area contributed by atoms with Gasteiger partial charge < -0.3 is 0 Å². The molecule has 0 N–H and O–H groups in total. The largest absolute Gasteiger partial charge is 0.289 e. The number of benzene rings is 2. The summed E-state index contributed by atoms with van der Waals surface area (Å²) in [7, 11) is 0. The van der Waals surface area contributed by atoms with Gasteiger partial charge in [-0.2, -0.15) is 5.10 Å². The molecule has 0 amide bonds. The molecule has 0 fully saturated rings. The van der Waals surface area contributed by atoms with Crippen molar-refractivity contribution >= 4 is 40.7 Å². The first-order valence-electron chi connectivity index (χ1n) is 8.97. The Labute approximate surface area is 183 Å². The van der Waals surface area contributed by atoms with Gasteiger partial charge in [0.15, 0.2) is 5.78 Å². The van der Waals surface area contributed by atoms with E-state index in [-0.39, 0.29) is 16.4 Å². The summed E-state index contributed by atoms with van der Waals surface area (Å²) in [5, 5.41) is 5.00. The summed E-state index contributed by atoms with van der Waals surface area (Å²) < 4.78 is 1.38. The van der Waals surface area contributed by atoms with Crippen molar-refractivity contribution < 1.29 is 4.79 Å². The zero-order valence-electron chi connectivity index (χ0n) is 16.3. The SMILES string of the molecule is CC(C)(C)n1ncc(SCc2cccc(C(=O)c3ccc(Cl)cc3)c2)c(Cl)c1=O. The topological polar surface area (TPSA) is 52.0 Å². The van der Waals surface area contributed by atoms with Crippen LogP contribution in [0.4, 0.5) is 0 Å². The van der Waals surface area contributed by atoms with Gasteiger partial charge in [0.25, 0.3) is 5.56 Å². The number of carbonyl (C=O) groups excluding carboxylic acids is 1. The Morgan fingerprint density at radius 3 is 2.41 bits per heavy atom. The molecule has 2 aromatic carbocycles. The second kappa shape index (κ2) is 8.74. The Balaban J connectivity index is 1.78. The van der Waals surface area contributed by atoms with Gasteiger partial charge in [0.05, 0.1) is 16.6 Å². The molecule has 1 aromatic heterocycles. The highest BCUT2D eigenvalue weighted by Crippen LogP contribution is 2.28. The summed E-state index contributed by atoms with van der Waals surface area (Å²) in [6.45, 7) is 5.69. The summed E-state index contributed by atoms with van der Waals surface area (Å²) in [4.78, 5) is 25.8. The molecule has 3 aromatic rings. The van der Waals surface area contributed by atoms with Crippen molar-refractivity contribution in [2.75, 3.05) is 0 Å². The summed E-state index contributed by atoms with van der Waals surface area (Å²) in [5.74, 6) is 0.489. The first-order valence-corrected chi connectivity index (χ1v) is 10.7. The molecule has 0 aliphatic heterocycles. The second-order valence-corrected chi connectivity index (χ2v) is 9.37. The number of halogens is 2. The van der Waals surface area contributed by atoms with Gasteiger partial charge in [-0.25, -0.2) is 4.68 Å². The summed E-state index contributed by atoms with van der Waals surface area (Å²) in [6.07, 6.45) is 1.61. The number of thioether (sulfide) groups is 1. The molecule has 0 saturated heterocycles. The fourth-order valence-electron chi connectivity index (χ4n) is 2.73. The van der Waals surface area contributed by atoms with E-state index in [9.17, 15) is 9.59 Å². The minimum atomic E-state index is -0.444. The molecule has 29 heavy (non-hydrogen) atoms. The Hall–Kier alpha value is -2.08. The van der Waals surface area contributed by atoms with Crippen LogP contribution in [-0.4, -0.2) is 15.6 Å². The van der Waals surface area contributed by atoms with Crippen LogP contribution in [0.2, 0.25) is 10.0 Å². The fourth-order valence-corrected chi connectivity index (χ4v) is 3.98. The van der Waals surface area contributed by atoms with Crippen molar-refractivity contribution in [3.05, 3.63) is 91.8 Å². The van der Waals surface area contributed by atoms with Crippen LogP contribution in [0.5, 0.6) is 0 Å². The van der Waals surface area contributed by atoms with E-state index in [0.29, 0.717) is 26.8 Å². The molecule has 7 heteroatoms. The number of hydrogen-bond donors (Lipinski definition) is 0. The normalized spacial score (nSPS) is 11.5. The van der Waals surface area contributed by atoms with Crippen molar-refractivity contribution in [2.45, 2.75) is 37.0 Å². The summed E-state index contributed by atoms with van der Waals surface area (Å²) in [5.41, 5.74) is 1.37. The average molecular weight is 447 g/mol. The minimum absolute atomic E-state index is 0.0685. The predicted molar refractivity (Wildman–Crippen MR) is 119 cm³/mol. The Bertz CT molecular complexity index is 1100. The van der Waals surface area contributed by atoms with Gasteiger partial charge in [-0.05, 0) is 56.7 Å². The van der Waals surface area contributed by atoms with E-state index in [1.165, 1.54) is 16.4 Å². The van der Waals surface area contributed by atoms with Gasteiger partial charge in [-0.15, -0.1) is 11.8 Å². The molecule has 4 nitrogen and oxygen atoms in total. The number of carbonyl (C=O) groups is 1. The van der Waals surface area contributed by atoms with Gasteiger partial charge in [0.2, 0.25) is 0 Å². The van der Waals surface area contributed by atoms with E-state index in [4.69, 9.17) is 23.2 Å². The van der Waals surface area contributed by atoms with Gasteiger partial charge in [0, 0.05) is 21.9 Å². The zero-order valence-corrected chi connectivity index (χ0v) is 18.6. The average Bonchev–Trinajstić information content (AvgIpc) is 2.68. The molecule has 0 aliphatic rings. The van der Waals surface area contributed by atoms with Crippen LogP contribution in [0.3, 0.4) is 0 Å². The van der Waals surface area contributed by atoms with Crippen LogP contribution in [0.25, 0.3) is 0 Å². The Morgan fingerprint density at radius 2 is 1.76 bits per heavy atom. The third-order valence-electron chi connectivity index (χ3n) is 4.21. The molecule has 0 aliphatic carbocycles. The van der Waals surface area contributed by atoms with Crippen molar-refractivity contribution in [2.24, 2.45) is 0 Å². The van der Waals surface area contributed by atoms with Gasteiger partial charge >= 0.3 is 0 Å². The smallest absolute Gasteiger partial charge is 0.287 e. The Morgan fingerprint density at radius 1 is 1.07 bits per heavy atom. The molecule has 150 valence electrons. The summed E-state index contributed by atoms with van der Waals surface area (Å²) in [6, 6.07) is 14.2. The van der Waals surface area contributed by atoms with Crippen molar-refractivity contribution in [1.82, 2.24) is 9.78 Å². The van der Waals surface area contributed by atoms with Gasteiger partial charge in [-0.3, -0.25) is 9.59 Å². The molecular formula is C22H20Cl2N2O2S. The lowest BCUT2D eigenvalue weighted by Gasteiger charge is -2.21. The highest BCUT2D eigenvalue weighted by molar-refractivity contribution is 7.98. The second-order valence-electron chi connectivity index (χ2n) is 7.54. The molecule has 3 rings (SSSR count). The number of rotatable bonds is 5. The number of aromatic nitrogens is 2. The predicted octanol–water partition coefficient (Wildman–Crippen LogP) is 5.83. The fraction of sp³-hybridized carbons (Fsp3) is 0.227. The maximum atomic E-state index is 12.7. The standard InChI is InChI=1S/C22H20Cl2N2O2S/c1-22(2,3)26-21(28)19(24)18(12-25-26)29-13-14-5-4-6-16(11-14)20(27)15-7-9-17(23)10-8-15/h4-12H,13H2,1-3H3. The van der Waals surface area contributed by atoms with Crippen LogP contribution >= 0.6 is 35.0 Å². The highest BCUT2D eigenvalue weighted by Gasteiger charge is 2.19. The lowest BCUT2D eigenvalue weighted by Crippen LogP contribution is -2.36. The molecule has 0 saturated carbocycles. The Kier molecular flexibility index (Phi) is 6.52. The van der Waals surface area contributed by atoms with Gasteiger partial charge in [-0.1, -0.05) is 41.4 Å². The number of hydrogen-bond acceptors (Lipinski definition) is 4. The van der Waals surface area contributed by atoms with Crippen LogP contribution < -0.4 is 5.56 Å². The minimum Gasteiger partial charge on any atom is -0.289 e. The van der Waals surface area contributed by atoms with Crippen LogP contribution in [0, 0.1) is 0 Å². The van der Waals surface area contributed by atoms with Crippen LogP contribution in [0.1, 0.15) is 42.3 Å². The highest BCUT2D eigenvalue weighted by atomic mass is 35.5. The van der Waals surface area contributed by atoms with E-state index in [1.807, 2.05) is 39.0 Å². The molecule has 0 radical (unpaired) electrons. The van der Waals surface area contributed by atoms with Crippen molar-refractivity contribution in [3.8, 4) is 0 Å². The number of nitrogens with zero attached hydrogens (tertiary/aromatic N) is 2. The van der Waals surface area contributed by atoms with E-state index >= 15 is 0 Å². The molecule has 1 heterocycles. The molecule has 0 spiro atoms. The van der Waals surface area contributed by atoms with Crippen LogP contribution in [-0.2, 0) is 11.3 Å². The van der Waals surface area contributed by atoms with Gasteiger partial charge in [0.1, 0.15) is 5.02 Å². The third-order valence-corrected chi connectivity index (χ3v) is 6.04. The lowest BCUT2D eigenvalue weighted by molar-refractivity contribution is 0.103. The lowest BCUT2D eigenvalue weighted by atomic mass is 10.0. The zero-order chi connectivity index (χ0) is 21.2.